The quantitative estimate of drug-likeness (QED) is 0.377. The Morgan fingerprint density at radius 1 is 1.26 bits per heavy atom. The Morgan fingerprint density at radius 2 is 2.13 bits per heavy atom. The number of aromatic nitrogens is 3. The molecule has 7 heteroatoms. The Labute approximate surface area is 188 Å². The van der Waals surface area contributed by atoms with Gasteiger partial charge in [-0.25, -0.2) is 4.98 Å². The zero-order valence-electron chi connectivity index (χ0n) is 18.1. The monoisotopic (exact) mass is 437 g/mol. The summed E-state index contributed by atoms with van der Waals surface area (Å²) in [6, 6.07) is 10.5. The van der Waals surface area contributed by atoms with E-state index in [1.165, 1.54) is 32.2 Å². The molecule has 0 radical (unpaired) electrons. The predicted octanol–water partition coefficient (Wildman–Crippen LogP) is 4.63. The Balaban J connectivity index is 1.20. The van der Waals surface area contributed by atoms with Crippen molar-refractivity contribution in [2.45, 2.75) is 56.0 Å². The number of thioether (sulfide) groups is 1. The molecule has 4 rings (SSSR count). The summed E-state index contributed by atoms with van der Waals surface area (Å²) >= 11 is 1.65. The number of nitrogens with zero attached hydrogens (tertiary/aromatic N) is 3. The number of hydrogen-bond acceptors (Lipinski definition) is 5. The van der Waals surface area contributed by atoms with Crippen LogP contribution in [0.25, 0.3) is 11.0 Å². The van der Waals surface area contributed by atoms with Gasteiger partial charge in [-0.2, -0.15) is 0 Å². The van der Waals surface area contributed by atoms with Gasteiger partial charge in [0.15, 0.2) is 5.16 Å². The van der Waals surface area contributed by atoms with Crippen molar-refractivity contribution < 1.29 is 4.79 Å². The van der Waals surface area contributed by atoms with Gasteiger partial charge >= 0.3 is 0 Å². The number of rotatable bonds is 9. The molecule has 2 aromatic heterocycles. The third kappa shape index (κ3) is 5.86. The van der Waals surface area contributed by atoms with Gasteiger partial charge in [0.1, 0.15) is 0 Å². The van der Waals surface area contributed by atoms with Gasteiger partial charge < -0.3 is 15.2 Å². The van der Waals surface area contributed by atoms with Gasteiger partial charge in [-0.1, -0.05) is 37.2 Å². The molecule has 0 unspecified atom stereocenters. The number of amides is 1. The Kier molecular flexibility index (Phi) is 7.59. The average molecular weight is 438 g/mol. The van der Waals surface area contributed by atoms with E-state index in [1.54, 1.807) is 24.2 Å². The van der Waals surface area contributed by atoms with Crippen molar-refractivity contribution in [2.24, 2.45) is 0 Å². The first-order chi connectivity index (χ1) is 15.2. The van der Waals surface area contributed by atoms with Crippen LogP contribution in [0, 0.1) is 0 Å². The van der Waals surface area contributed by atoms with E-state index in [1.807, 2.05) is 30.3 Å². The summed E-state index contributed by atoms with van der Waals surface area (Å²) in [5.74, 6) is 0.804. The molecule has 0 aliphatic carbocycles. The van der Waals surface area contributed by atoms with Crippen LogP contribution in [0.3, 0.4) is 0 Å². The lowest BCUT2D eigenvalue weighted by Gasteiger charge is -2.35. The van der Waals surface area contributed by atoms with Crippen LogP contribution < -0.4 is 5.32 Å². The van der Waals surface area contributed by atoms with Crippen LogP contribution in [0.4, 0.5) is 0 Å². The van der Waals surface area contributed by atoms with Crippen molar-refractivity contribution in [1.82, 2.24) is 25.2 Å². The second kappa shape index (κ2) is 10.8. The number of benzene rings is 1. The molecular weight excluding hydrogens is 406 g/mol. The minimum Gasteiger partial charge on any atom is -0.352 e. The van der Waals surface area contributed by atoms with E-state index in [4.69, 9.17) is 0 Å². The van der Waals surface area contributed by atoms with Crippen LogP contribution in [0.15, 0.2) is 47.9 Å². The Morgan fingerprint density at radius 3 is 2.94 bits per heavy atom. The molecule has 0 spiro atoms. The number of likely N-dealkylation sites (tertiary alicyclic amines) is 1. The van der Waals surface area contributed by atoms with Crippen LogP contribution in [-0.4, -0.2) is 51.4 Å². The number of aromatic amines is 1. The molecule has 164 valence electrons. The minimum atomic E-state index is 0.00896. The van der Waals surface area contributed by atoms with Crippen LogP contribution in [-0.2, 0) is 5.75 Å². The highest BCUT2D eigenvalue weighted by Gasteiger charge is 2.19. The van der Waals surface area contributed by atoms with Gasteiger partial charge in [-0.05, 0) is 56.0 Å². The lowest BCUT2D eigenvalue weighted by atomic mass is 10.00. The number of carbonyl (C=O) groups is 1. The largest absolute Gasteiger partial charge is 0.352 e. The fourth-order valence-corrected chi connectivity index (χ4v) is 5.05. The van der Waals surface area contributed by atoms with Crippen LogP contribution in [0.2, 0.25) is 0 Å². The molecule has 1 aromatic carbocycles. The van der Waals surface area contributed by atoms with E-state index in [9.17, 15) is 4.79 Å². The first kappa shape index (κ1) is 21.8. The van der Waals surface area contributed by atoms with Gasteiger partial charge in [-0.3, -0.25) is 9.78 Å². The summed E-state index contributed by atoms with van der Waals surface area (Å²) < 4.78 is 0. The molecule has 1 aliphatic heterocycles. The molecule has 3 aromatic rings. The normalized spacial score (nSPS) is 17.1. The number of imidazole rings is 1. The fourth-order valence-electron chi connectivity index (χ4n) is 4.21. The lowest BCUT2D eigenvalue weighted by molar-refractivity contribution is 0.0947. The van der Waals surface area contributed by atoms with Crippen molar-refractivity contribution >= 4 is 28.7 Å². The average Bonchev–Trinajstić information content (AvgIpc) is 3.24. The van der Waals surface area contributed by atoms with E-state index in [0.29, 0.717) is 5.56 Å². The molecular formula is C24H31N5OS. The summed E-state index contributed by atoms with van der Waals surface area (Å²) in [7, 11) is 0. The maximum Gasteiger partial charge on any atom is 0.251 e. The molecule has 0 bridgehead atoms. The van der Waals surface area contributed by atoms with Gasteiger partial charge in [0.25, 0.3) is 5.91 Å². The van der Waals surface area contributed by atoms with E-state index < -0.39 is 0 Å². The SMILES string of the molecule is CC[C@@H]1CCCCN1CCCNC(=O)c1ccc(CSc2nc3ccncc3[nH]2)cc1. The van der Waals surface area contributed by atoms with Crippen LogP contribution in [0.5, 0.6) is 0 Å². The van der Waals surface area contributed by atoms with Crippen molar-refractivity contribution in [1.29, 1.82) is 0 Å². The number of hydrogen-bond donors (Lipinski definition) is 2. The van der Waals surface area contributed by atoms with Crippen molar-refractivity contribution in [3.8, 4) is 0 Å². The van der Waals surface area contributed by atoms with Crippen molar-refractivity contribution in [3.05, 3.63) is 53.9 Å². The maximum absolute atomic E-state index is 12.5. The summed E-state index contributed by atoms with van der Waals surface area (Å²) in [4.78, 5) is 27.0. The van der Waals surface area contributed by atoms with E-state index in [-0.39, 0.29) is 5.91 Å². The van der Waals surface area contributed by atoms with Gasteiger partial charge in [0, 0.05) is 36.6 Å². The zero-order chi connectivity index (χ0) is 21.5. The highest BCUT2D eigenvalue weighted by atomic mass is 32.2. The van der Waals surface area contributed by atoms with E-state index >= 15 is 0 Å². The van der Waals surface area contributed by atoms with Gasteiger partial charge in [0.05, 0.1) is 17.2 Å². The number of nitrogens with one attached hydrogen (secondary N) is 2. The Hall–Kier alpha value is -2.38. The second-order valence-electron chi connectivity index (χ2n) is 8.12. The third-order valence-corrected chi connectivity index (χ3v) is 6.93. The number of fused-ring (bicyclic) bond motifs is 1. The molecule has 3 heterocycles. The molecule has 1 atom stereocenters. The first-order valence-electron chi connectivity index (χ1n) is 11.3. The first-order valence-corrected chi connectivity index (χ1v) is 12.2. The number of piperidine rings is 1. The molecule has 1 fully saturated rings. The molecule has 1 aliphatic rings. The molecule has 1 saturated heterocycles. The van der Waals surface area contributed by atoms with Gasteiger partial charge in [-0.15, -0.1) is 0 Å². The predicted molar refractivity (Wildman–Crippen MR) is 126 cm³/mol. The smallest absolute Gasteiger partial charge is 0.251 e. The standard InChI is InChI=1S/C24H31N5OS/c1-2-20-6-3-4-14-29(20)15-5-12-26-23(30)19-9-7-18(8-10-19)17-31-24-27-21-11-13-25-16-22(21)28-24/h7-11,13,16,20H,2-6,12,14-15,17H2,1H3,(H,26,30)(H,27,28)/t20-/m1/s1. The Bertz CT molecular complexity index is 954. The maximum atomic E-state index is 12.5. The number of H-pyrrole nitrogens is 1. The summed E-state index contributed by atoms with van der Waals surface area (Å²) in [5, 5.41) is 3.95. The number of pyridine rings is 1. The van der Waals surface area contributed by atoms with Crippen LogP contribution >= 0.6 is 11.8 Å². The van der Waals surface area contributed by atoms with Crippen molar-refractivity contribution in [3.63, 3.8) is 0 Å². The molecule has 31 heavy (non-hydrogen) atoms. The second-order valence-corrected chi connectivity index (χ2v) is 9.09. The summed E-state index contributed by atoms with van der Waals surface area (Å²) in [6.07, 6.45) is 9.75. The van der Waals surface area contributed by atoms with Gasteiger partial charge in [0.2, 0.25) is 0 Å². The van der Waals surface area contributed by atoms with Crippen molar-refractivity contribution in [2.75, 3.05) is 19.6 Å². The summed E-state index contributed by atoms with van der Waals surface area (Å²) in [6.45, 7) is 5.29. The fraction of sp³-hybridized carbons (Fsp3) is 0.458. The highest BCUT2D eigenvalue weighted by molar-refractivity contribution is 7.98. The topological polar surface area (TPSA) is 73.9 Å². The van der Waals surface area contributed by atoms with E-state index in [0.717, 1.165) is 53.1 Å². The molecule has 0 saturated carbocycles. The van der Waals surface area contributed by atoms with Crippen LogP contribution in [0.1, 0.15) is 54.9 Å². The summed E-state index contributed by atoms with van der Waals surface area (Å²) in [5.41, 5.74) is 3.75. The molecule has 6 nitrogen and oxygen atoms in total. The minimum absolute atomic E-state index is 0.00896. The third-order valence-electron chi connectivity index (χ3n) is 5.98. The zero-order valence-corrected chi connectivity index (χ0v) is 19.0. The lowest BCUT2D eigenvalue weighted by Crippen LogP contribution is -2.40. The number of carbonyl (C=O) groups excluding carboxylic acids is 1. The molecule has 1 amide bonds. The molecule has 2 N–H and O–H groups in total. The van der Waals surface area contributed by atoms with E-state index in [2.05, 4.69) is 32.1 Å². The highest BCUT2D eigenvalue weighted by Crippen LogP contribution is 2.23.